The van der Waals surface area contributed by atoms with Crippen LogP contribution in [0.25, 0.3) is 5.57 Å². The maximum absolute atomic E-state index is 14.7. The minimum absolute atomic E-state index is 0.0644. The van der Waals surface area contributed by atoms with Gasteiger partial charge in [-0.1, -0.05) is 76.2 Å². The number of nitrogens with zero attached hydrogens (tertiary/aromatic N) is 3. The van der Waals surface area contributed by atoms with Crippen LogP contribution >= 0.6 is 0 Å². The van der Waals surface area contributed by atoms with E-state index in [4.69, 9.17) is 0 Å². The molecule has 0 bridgehead atoms. The molecule has 0 aromatic heterocycles. The van der Waals surface area contributed by atoms with Crippen LogP contribution in [-0.2, 0) is 16.6 Å². The molecule has 54 heavy (non-hydrogen) atoms. The first kappa shape index (κ1) is 37.0. The Morgan fingerprint density at radius 1 is 0.778 bits per heavy atom. The van der Waals surface area contributed by atoms with Crippen LogP contribution in [0.2, 0.25) is 0 Å². The van der Waals surface area contributed by atoms with Crippen LogP contribution in [0.15, 0.2) is 118 Å². The normalized spacial score (nSPS) is 23.5. The van der Waals surface area contributed by atoms with Crippen molar-refractivity contribution in [3.8, 4) is 0 Å². The molecule has 3 aromatic carbocycles. The summed E-state index contributed by atoms with van der Waals surface area (Å²) in [6.45, 7) is 21.8. The van der Waals surface area contributed by atoms with Gasteiger partial charge in [-0.2, -0.15) is 0 Å². The van der Waals surface area contributed by atoms with Gasteiger partial charge in [-0.05, 0) is 100 Å². The molecule has 4 aliphatic rings. The minimum Gasteiger partial charge on any atom is -0.506 e. The summed E-state index contributed by atoms with van der Waals surface area (Å²) in [5, 5.41) is 12.1. The summed E-state index contributed by atoms with van der Waals surface area (Å²) in [5.74, 6) is -0.982. The number of hydrogen-bond donors (Lipinski definition) is 1. The number of benzene rings is 3. The van der Waals surface area contributed by atoms with Crippen molar-refractivity contribution >= 4 is 34.4 Å². The summed E-state index contributed by atoms with van der Waals surface area (Å²) in [4.78, 5) is 51.4. The van der Waals surface area contributed by atoms with E-state index in [9.17, 15) is 19.5 Å². The molecule has 1 fully saturated rings. The van der Waals surface area contributed by atoms with Crippen molar-refractivity contribution in [2.45, 2.75) is 105 Å². The van der Waals surface area contributed by atoms with Gasteiger partial charge >= 0.3 is 0 Å². The van der Waals surface area contributed by atoms with Crippen LogP contribution in [0, 0.1) is 5.41 Å². The maximum Gasteiger partial charge on any atom is 0.277 e. The van der Waals surface area contributed by atoms with Crippen LogP contribution in [0.4, 0.5) is 5.69 Å². The first-order valence-corrected chi connectivity index (χ1v) is 19.1. The van der Waals surface area contributed by atoms with Crippen molar-refractivity contribution in [1.82, 2.24) is 4.90 Å². The standard InChI is InChI=1S/C47H51N3O4/c1-26(2)49-28(5)46(7,8)35-23-33(32(21-38(35)49)22-40(51)30-17-13-11-14-18-30)41-43(52)42(44(41)53)34-24-36-39(50(27(3)4)29(6)47(36,9)10)25-37(34)48-45(54)31-19-15-12-16-20-31/h11-21,23-29,52H,22H2,1-10H3/b42-34-,48-37?. The zero-order valence-corrected chi connectivity index (χ0v) is 33.1. The van der Waals surface area contributed by atoms with E-state index in [1.807, 2.05) is 42.5 Å². The van der Waals surface area contributed by atoms with Crippen molar-refractivity contribution in [2.24, 2.45) is 10.4 Å². The smallest absolute Gasteiger partial charge is 0.277 e. The number of aliphatic hydroxyl groups excluding tert-OH is 1. The van der Waals surface area contributed by atoms with E-state index in [0.29, 0.717) is 33.5 Å². The molecular formula is C47H51N3O4. The average Bonchev–Trinajstić information content (AvgIpc) is 3.45. The molecule has 7 rings (SSSR count). The number of fused-ring (bicyclic) bond motifs is 2. The van der Waals surface area contributed by atoms with Crippen molar-refractivity contribution < 1.29 is 19.5 Å². The predicted octanol–water partition coefficient (Wildman–Crippen LogP) is 9.40. The van der Waals surface area contributed by atoms with Gasteiger partial charge in [-0.25, -0.2) is 4.99 Å². The lowest BCUT2D eigenvalue weighted by molar-refractivity contribution is -0.111. The average molecular weight is 722 g/mol. The maximum atomic E-state index is 14.7. The summed E-state index contributed by atoms with van der Waals surface area (Å²) in [5.41, 5.74) is 6.92. The van der Waals surface area contributed by atoms with E-state index in [-0.39, 0.29) is 69.9 Å². The molecule has 0 radical (unpaired) electrons. The molecular weight excluding hydrogens is 671 g/mol. The number of allylic oxidation sites excluding steroid dienone is 6. The number of hydrogen-bond acceptors (Lipinski definition) is 6. The molecule has 7 nitrogen and oxygen atoms in total. The van der Waals surface area contributed by atoms with Gasteiger partial charge in [0, 0.05) is 69.5 Å². The second-order valence-corrected chi connectivity index (χ2v) is 16.9. The third kappa shape index (κ3) is 5.71. The number of Topliss-reactive ketones (excluding diaryl/α,β-unsaturated/α-hetero) is 2. The van der Waals surface area contributed by atoms with Gasteiger partial charge < -0.3 is 14.9 Å². The van der Waals surface area contributed by atoms with E-state index >= 15 is 0 Å². The molecule has 278 valence electrons. The zero-order chi connectivity index (χ0) is 39.0. The number of aliphatic imine (C=N–C) groups is 1. The summed E-state index contributed by atoms with van der Waals surface area (Å²) in [7, 11) is 0. The third-order valence-corrected chi connectivity index (χ3v) is 12.5. The summed E-state index contributed by atoms with van der Waals surface area (Å²) in [6.07, 6.45) is 3.93. The predicted molar refractivity (Wildman–Crippen MR) is 217 cm³/mol. The van der Waals surface area contributed by atoms with Crippen molar-refractivity contribution in [3.63, 3.8) is 0 Å². The van der Waals surface area contributed by atoms with Crippen LogP contribution in [0.5, 0.6) is 0 Å². The van der Waals surface area contributed by atoms with E-state index in [1.54, 1.807) is 36.4 Å². The van der Waals surface area contributed by atoms with Crippen LogP contribution < -0.4 is 4.90 Å². The summed E-state index contributed by atoms with van der Waals surface area (Å²) >= 11 is 0. The summed E-state index contributed by atoms with van der Waals surface area (Å²) in [6, 6.07) is 22.8. The molecule has 2 aliphatic heterocycles. The van der Waals surface area contributed by atoms with Gasteiger partial charge in [-0.15, -0.1) is 0 Å². The van der Waals surface area contributed by atoms with E-state index in [0.717, 1.165) is 22.5 Å². The second kappa shape index (κ2) is 13.2. The molecule has 2 aliphatic carbocycles. The number of carbonyl (C=O) groups is 3. The number of amides is 1. The van der Waals surface area contributed by atoms with Crippen molar-refractivity contribution in [3.05, 3.63) is 141 Å². The highest BCUT2D eigenvalue weighted by molar-refractivity contribution is 6.42. The molecule has 7 heteroatoms. The number of rotatable bonds is 7. The largest absolute Gasteiger partial charge is 0.506 e. The lowest BCUT2D eigenvalue weighted by Gasteiger charge is -2.34. The van der Waals surface area contributed by atoms with E-state index in [1.165, 1.54) is 0 Å². The Balaban J connectivity index is 1.44. The topological polar surface area (TPSA) is 90.3 Å². The van der Waals surface area contributed by atoms with Gasteiger partial charge in [0.05, 0.1) is 16.9 Å². The van der Waals surface area contributed by atoms with Crippen molar-refractivity contribution in [2.75, 3.05) is 4.90 Å². The fourth-order valence-electron chi connectivity index (χ4n) is 8.91. The minimum atomic E-state index is -0.430. The van der Waals surface area contributed by atoms with Crippen molar-refractivity contribution in [1.29, 1.82) is 0 Å². The lowest BCUT2D eigenvalue weighted by Crippen LogP contribution is -2.42. The quantitative estimate of drug-likeness (QED) is 0.193. The van der Waals surface area contributed by atoms with Gasteiger partial charge in [-0.3, -0.25) is 14.4 Å². The fourth-order valence-corrected chi connectivity index (χ4v) is 8.91. The highest BCUT2D eigenvalue weighted by atomic mass is 16.3. The number of carbonyl (C=O) groups excluding carboxylic acids is 3. The molecule has 1 amide bonds. The Bertz CT molecular complexity index is 2250. The number of ketones is 2. The van der Waals surface area contributed by atoms with Crippen LogP contribution in [0.1, 0.15) is 107 Å². The first-order chi connectivity index (χ1) is 25.5. The third-order valence-electron chi connectivity index (χ3n) is 12.5. The highest BCUT2D eigenvalue weighted by Crippen LogP contribution is 2.53. The Morgan fingerprint density at radius 2 is 1.35 bits per heavy atom. The Morgan fingerprint density at radius 3 is 1.93 bits per heavy atom. The molecule has 0 spiro atoms. The monoisotopic (exact) mass is 721 g/mol. The molecule has 2 heterocycles. The molecule has 2 atom stereocenters. The summed E-state index contributed by atoms with van der Waals surface area (Å²) < 4.78 is 0. The highest BCUT2D eigenvalue weighted by Gasteiger charge is 2.49. The van der Waals surface area contributed by atoms with Gasteiger partial charge in [0.25, 0.3) is 5.91 Å². The number of likely N-dealkylation sites (tertiary alicyclic amines) is 1. The molecule has 2 unspecified atom stereocenters. The Hall–Kier alpha value is -5.30. The second-order valence-electron chi connectivity index (χ2n) is 16.9. The molecule has 3 aromatic rings. The van der Waals surface area contributed by atoms with Gasteiger partial charge in [0.2, 0.25) is 5.78 Å². The zero-order valence-electron chi connectivity index (χ0n) is 33.1. The fraction of sp³-hybridized carbons (Fsp3) is 0.362. The van der Waals surface area contributed by atoms with E-state index in [2.05, 4.69) is 90.1 Å². The number of aliphatic hydroxyl groups is 1. The van der Waals surface area contributed by atoms with E-state index < -0.39 is 5.91 Å². The lowest BCUT2D eigenvalue weighted by atomic mass is 9.73. The number of anilines is 1. The molecule has 0 saturated carbocycles. The van der Waals surface area contributed by atoms with Gasteiger partial charge in [0.1, 0.15) is 5.76 Å². The Kier molecular flexibility index (Phi) is 9.07. The van der Waals surface area contributed by atoms with Crippen LogP contribution in [-0.4, -0.2) is 57.4 Å². The SMILES string of the molecule is CC(C)N1C2=CC(=NC(=O)c3ccccc3)/C(=C3\C(=O)C(c4cc5c(cc4CC(=O)c4ccccc4)N(C(C)C)C(C)C5(C)C)=C3O)C=C2C(C)(C)C1C. The molecule has 1 saturated heterocycles. The molecule has 1 N–H and O–H groups in total. The Labute approximate surface area is 319 Å². The van der Waals surface area contributed by atoms with Crippen LogP contribution in [0.3, 0.4) is 0 Å². The first-order valence-electron chi connectivity index (χ1n) is 19.1. The van der Waals surface area contributed by atoms with Gasteiger partial charge in [0.15, 0.2) is 5.78 Å².